The molecule has 0 aliphatic carbocycles. The molecule has 96 valence electrons. The summed E-state index contributed by atoms with van der Waals surface area (Å²) in [6, 6.07) is 3.34. The van der Waals surface area contributed by atoms with Crippen molar-refractivity contribution < 1.29 is 8.42 Å². The summed E-state index contributed by atoms with van der Waals surface area (Å²) in [7, 11) is -2.10. The van der Waals surface area contributed by atoms with Crippen LogP contribution in [-0.2, 0) is 23.6 Å². The topological polar surface area (TPSA) is 116 Å². The fourth-order valence-corrected chi connectivity index (χ4v) is 2.47. The van der Waals surface area contributed by atoms with E-state index in [0.717, 1.165) is 0 Å². The minimum Gasteiger partial charge on any atom is -0.381 e. The number of nitrogen functional groups attached to an aromatic ring is 1. The Balaban J connectivity index is 2.16. The quantitative estimate of drug-likeness (QED) is 0.755. The van der Waals surface area contributed by atoms with Gasteiger partial charge in [0.1, 0.15) is 4.90 Å². The highest BCUT2D eigenvalue weighted by molar-refractivity contribution is 7.89. The summed E-state index contributed by atoms with van der Waals surface area (Å²) in [5, 5.41) is 11.2. The number of rotatable bonds is 4. The van der Waals surface area contributed by atoms with Gasteiger partial charge in [-0.25, -0.2) is 13.1 Å². The highest BCUT2D eigenvalue weighted by Crippen LogP contribution is 2.15. The van der Waals surface area contributed by atoms with E-state index >= 15 is 0 Å². The third-order valence-electron chi connectivity index (χ3n) is 2.18. The second kappa shape index (κ2) is 4.70. The molecule has 0 bridgehead atoms. The van der Waals surface area contributed by atoms with E-state index in [1.165, 1.54) is 17.1 Å². The van der Waals surface area contributed by atoms with Crippen LogP contribution >= 0.6 is 0 Å². The van der Waals surface area contributed by atoms with Gasteiger partial charge in [-0.2, -0.15) is 15.3 Å². The van der Waals surface area contributed by atoms with Crippen LogP contribution in [0.25, 0.3) is 0 Å². The van der Waals surface area contributed by atoms with Crippen molar-refractivity contribution in [1.82, 2.24) is 24.7 Å². The summed E-state index contributed by atoms with van der Waals surface area (Å²) < 4.78 is 27.6. The zero-order valence-corrected chi connectivity index (χ0v) is 10.4. The predicted octanol–water partition coefficient (Wildman–Crippen LogP) is -0.729. The lowest BCUT2D eigenvalue weighted by Crippen LogP contribution is -2.24. The molecule has 0 atom stereocenters. The monoisotopic (exact) mass is 268 g/mol. The number of hydrogen-bond donors (Lipinski definition) is 2. The van der Waals surface area contributed by atoms with Crippen LogP contribution in [0.4, 0.5) is 5.82 Å². The minimum atomic E-state index is -3.69. The van der Waals surface area contributed by atoms with Gasteiger partial charge in [0, 0.05) is 19.4 Å². The number of sulfonamides is 1. The Kier molecular flexibility index (Phi) is 3.26. The van der Waals surface area contributed by atoms with Gasteiger partial charge in [0.2, 0.25) is 10.0 Å². The summed E-state index contributed by atoms with van der Waals surface area (Å²) in [5.74, 6) is -0.0378. The fraction of sp³-hybridized carbons (Fsp3) is 0.222. The molecule has 2 aromatic heterocycles. The lowest BCUT2D eigenvalue weighted by Gasteiger charge is -2.04. The molecule has 0 aromatic carbocycles. The van der Waals surface area contributed by atoms with E-state index in [0.29, 0.717) is 5.69 Å². The van der Waals surface area contributed by atoms with E-state index in [4.69, 9.17) is 5.73 Å². The van der Waals surface area contributed by atoms with Crippen LogP contribution in [-0.4, -0.2) is 28.4 Å². The average molecular weight is 268 g/mol. The van der Waals surface area contributed by atoms with Crippen molar-refractivity contribution in [2.24, 2.45) is 7.05 Å². The Labute approximate surface area is 104 Å². The molecule has 0 unspecified atom stereocenters. The Morgan fingerprint density at radius 2 is 2.28 bits per heavy atom. The Morgan fingerprint density at radius 1 is 1.50 bits per heavy atom. The van der Waals surface area contributed by atoms with Crippen LogP contribution in [0.5, 0.6) is 0 Å². The van der Waals surface area contributed by atoms with Gasteiger partial charge >= 0.3 is 0 Å². The molecular weight excluding hydrogens is 256 g/mol. The second-order valence-corrected chi connectivity index (χ2v) is 5.33. The zero-order valence-electron chi connectivity index (χ0n) is 9.61. The van der Waals surface area contributed by atoms with Crippen LogP contribution in [0.2, 0.25) is 0 Å². The predicted molar refractivity (Wildman–Crippen MR) is 63.7 cm³/mol. The van der Waals surface area contributed by atoms with Crippen molar-refractivity contribution in [3.63, 3.8) is 0 Å². The van der Waals surface area contributed by atoms with Crippen LogP contribution in [0, 0.1) is 0 Å². The fourth-order valence-electron chi connectivity index (χ4n) is 1.37. The molecule has 0 saturated carbocycles. The SMILES string of the molecule is Cn1cc(S(=O)(=O)NCc2cccnn2)c(N)n1. The number of aryl methyl sites for hydroxylation is 1. The van der Waals surface area contributed by atoms with Crippen molar-refractivity contribution in [3.05, 3.63) is 30.2 Å². The third kappa shape index (κ3) is 2.63. The molecule has 8 nitrogen and oxygen atoms in total. The lowest BCUT2D eigenvalue weighted by atomic mass is 10.4. The van der Waals surface area contributed by atoms with Gasteiger partial charge in [0.15, 0.2) is 5.82 Å². The van der Waals surface area contributed by atoms with Gasteiger partial charge in [0.05, 0.1) is 12.2 Å². The maximum absolute atomic E-state index is 11.9. The molecule has 2 heterocycles. The van der Waals surface area contributed by atoms with Gasteiger partial charge in [-0.15, -0.1) is 0 Å². The van der Waals surface area contributed by atoms with Gasteiger partial charge in [-0.1, -0.05) is 0 Å². The summed E-state index contributed by atoms with van der Waals surface area (Å²) in [5.41, 5.74) is 6.03. The van der Waals surface area contributed by atoms with E-state index in [2.05, 4.69) is 20.0 Å². The van der Waals surface area contributed by atoms with E-state index in [9.17, 15) is 8.42 Å². The molecule has 0 amide bonds. The molecule has 2 aromatic rings. The highest BCUT2D eigenvalue weighted by atomic mass is 32.2. The van der Waals surface area contributed by atoms with Crippen molar-refractivity contribution in [1.29, 1.82) is 0 Å². The summed E-state index contributed by atoms with van der Waals surface area (Å²) in [4.78, 5) is -0.0473. The van der Waals surface area contributed by atoms with Crippen molar-refractivity contribution in [3.8, 4) is 0 Å². The molecule has 0 spiro atoms. The number of nitrogens with two attached hydrogens (primary N) is 1. The molecule has 18 heavy (non-hydrogen) atoms. The number of nitrogens with one attached hydrogen (secondary N) is 1. The molecule has 2 rings (SSSR count). The first-order valence-electron chi connectivity index (χ1n) is 5.04. The van der Waals surface area contributed by atoms with Gasteiger partial charge in [-0.3, -0.25) is 4.68 Å². The van der Waals surface area contributed by atoms with Crippen LogP contribution in [0.15, 0.2) is 29.4 Å². The van der Waals surface area contributed by atoms with E-state index in [1.807, 2.05) is 0 Å². The summed E-state index contributed by atoms with van der Waals surface area (Å²) >= 11 is 0. The summed E-state index contributed by atoms with van der Waals surface area (Å²) in [6.45, 7) is 0.0461. The number of anilines is 1. The van der Waals surface area contributed by atoms with Crippen molar-refractivity contribution >= 4 is 15.8 Å². The first-order valence-corrected chi connectivity index (χ1v) is 6.53. The average Bonchev–Trinajstić information content (AvgIpc) is 2.68. The van der Waals surface area contributed by atoms with Crippen LogP contribution < -0.4 is 10.5 Å². The molecule has 0 saturated heterocycles. The maximum Gasteiger partial charge on any atom is 0.246 e. The minimum absolute atomic E-state index is 0.0378. The molecule has 9 heteroatoms. The molecule has 3 N–H and O–H groups in total. The van der Waals surface area contributed by atoms with Crippen molar-refractivity contribution in [2.75, 3.05) is 5.73 Å². The molecule has 0 fully saturated rings. The largest absolute Gasteiger partial charge is 0.381 e. The lowest BCUT2D eigenvalue weighted by molar-refractivity contribution is 0.580. The van der Waals surface area contributed by atoms with Crippen LogP contribution in [0.3, 0.4) is 0 Å². The van der Waals surface area contributed by atoms with E-state index in [-0.39, 0.29) is 17.3 Å². The van der Waals surface area contributed by atoms with E-state index in [1.54, 1.807) is 19.2 Å². The first kappa shape index (κ1) is 12.5. The standard InChI is InChI=1S/C9H12N6O2S/c1-15-6-8(9(10)14-15)18(16,17)12-5-7-3-2-4-11-13-7/h2-4,6,12H,5H2,1H3,(H2,10,14). The van der Waals surface area contributed by atoms with Gasteiger partial charge < -0.3 is 5.73 Å². The Hall–Kier alpha value is -2.00. The maximum atomic E-state index is 11.9. The molecule has 0 aliphatic heterocycles. The van der Waals surface area contributed by atoms with Gasteiger partial charge in [-0.05, 0) is 12.1 Å². The molecule has 0 aliphatic rings. The first-order chi connectivity index (χ1) is 8.49. The number of aromatic nitrogens is 4. The van der Waals surface area contributed by atoms with E-state index < -0.39 is 10.0 Å². The second-order valence-electron chi connectivity index (χ2n) is 3.59. The Morgan fingerprint density at radius 3 is 2.83 bits per heavy atom. The van der Waals surface area contributed by atoms with Crippen LogP contribution in [0.1, 0.15) is 5.69 Å². The third-order valence-corrected chi connectivity index (χ3v) is 3.60. The zero-order chi connectivity index (χ0) is 13.2. The number of nitrogens with zero attached hydrogens (tertiary/aromatic N) is 4. The molecule has 0 radical (unpaired) electrons. The number of hydrogen-bond acceptors (Lipinski definition) is 6. The smallest absolute Gasteiger partial charge is 0.246 e. The van der Waals surface area contributed by atoms with Crippen molar-refractivity contribution in [2.45, 2.75) is 11.4 Å². The molecular formula is C9H12N6O2S. The van der Waals surface area contributed by atoms with Gasteiger partial charge in [0.25, 0.3) is 0 Å². The normalized spacial score (nSPS) is 11.6. The summed E-state index contributed by atoms with van der Waals surface area (Å²) in [6.07, 6.45) is 2.85. The highest BCUT2D eigenvalue weighted by Gasteiger charge is 2.20. The Bertz CT molecular complexity index is 636.